The van der Waals surface area contributed by atoms with Crippen LogP contribution in [0.4, 0.5) is 0 Å². The molecule has 0 fully saturated rings. The average Bonchev–Trinajstić information content (AvgIpc) is 2.58. The van der Waals surface area contributed by atoms with Crippen molar-refractivity contribution >= 4 is 0 Å². The van der Waals surface area contributed by atoms with Crippen molar-refractivity contribution in [2.45, 2.75) is 33.2 Å². The second-order valence-electron chi connectivity index (χ2n) is 5.69. The fourth-order valence-corrected chi connectivity index (χ4v) is 2.50. The Labute approximate surface area is 139 Å². The van der Waals surface area contributed by atoms with Crippen LogP contribution in [0.5, 0.6) is 11.5 Å². The summed E-state index contributed by atoms with van der Waals surface area (Å²) >= 11 is 0. The van der Waals surface area contributed by atoms with E-state index in [-0.39, 0.29) is 0 Å². The average molecular weight is 313 g/mol. The van der Waals surface area contributed by atoms with Gasteiger partial charge in [0, 0.05) is 6.54 Å². The van der Waals surface area contributed by atoms with E-state index in [4.69, 9.17) is 9.47 Å². The van der Waals surface area contributed by atoms with Crippen molar-refractivity contribution in [1.82, 2.24) is 5.32 Å². The minimum absolute atomic E-state index is 0.713. The minimum Gasteiger partial charge on any atom is -0.493 e. The SMILES string of the molecule is CCCOc1ccc(CNCCc2ccccc2C)cc1OC. The van der Waals surface area contributed by atoms with Crippen LogP contribution in [-0.2, 0) is 13.0 Å². The van der Waals surface area contributed by atoms with Crippen LogP contribution in [-0.4, -0.2) is 20.3 Å². The Bertz CT molecular complexity index is 610. The predicted octanol–water partition coefficient (Wildman–Crippen LogP) is 4.12. The predicted molar refractivity (Wildman–Crippen MR) is 95.4 cm³/mol. The van der Waals surface area contributed by atoms with Crippen molar-refractivity contribution in [3.63, 3.8) is 0 Å². The van der Waals surface area contributed by atoms with Crippen molar-refractivity contribution in [3.8, 4) is 11.5 Å². The summed E-state index contributed by atoms with van der Waals surface area (Å²) in [4.78, 5) is 0. The van der Waals surface area contributed by atoms with E-state index in [2.05, 4.69) is 49.5 Å². The number of aryl methyl sites for hydroxylation is 1. The van der Waals surface area contributed by atoms with E-state index in [1.807, 2.05) is 12.1 Å². The zero-order valence-corrected chi connectivity index (χ0v) is 14.4. The molecule has 0 saturated heterocycles. The highest BCUT2D eigenvalue weighted by molar-refractivity contribution is 5.43. The molecule has 0 aliphatic carbocycles. The zero-order chi connectivity index (χ0) is 16.5. The molecule has 0 aliphatic heterocycles. The van der Waals surface area contributed by atoms with Crippen LogP contribution < -0.4 is 14.8 Å². The van der Waals surface area contributed by atoms with Gasteiger partial charge in [-0.2, -0.15) is 0 Å². The Morgan fingerprint density at radius 2 is 1.87 bits per heavy atom. The molecular weight excluding hydrogens is 286 g/mol. The first-order valence-electron chi connectivity index (χ1n) is 8.29. The van der Waals surface area contributed by atoms with Crippen LogP contribution in [0.3, 0.4) is 0 Å². The summed E-state index contributed by atoms with van der Waals surface area (Å²) < 4.78 is 11.1. The molecule has 23 heavy (non-hydrogen) atoms. The molecule has 2 aromatic rings. The van der Waals surface area contributed by atoms with Gasteiger partial charge in [0.1, 0.15) is 0 Å². The third-order valence-corrected chi connectivity index (χ3v) is 3.85. The van der Waals surface area contributed by atoms with Gasteiger partial charge in [-0.1, -0.05) is 37.3 Å². The van der Waals surface area contributed by atoms with Gasteiger partial charge in [0.25, 0.3) is 0 Å². The second-order valence-corrected chi connectivity index (χ2v) is 5.69. The zero-order valence-electron chi connectivity index (χ0n) is 14.4. The summed E-state index contributed by atoms with van der Waals surface area (Å²) in [5.41, 5.74) is 3.96. The van der Waals surface area contributed by atoms with E-state index >= 15 is 0 Å². The molecule has 3 nitrogen and oxygen atoms in total. The topological polar surface area (TPSA) is 30.5 Å². The highest BCUT2D eigenvalue weighted by atomic mass is 16.5. The highest BCUT2D eigenvalue weighted by Gasteiger charge is 2.05. The fraction of sp³-hybridized carbons (Fsp3) is 0.400. The van der Waals surface area contributed by atoms with Crippen LogP contribution in [0.2, 0.25) is 0 Å². The maximum absolute atomic E-state index is 5.68. The second kappa shape index (κ2) is 9.21. The standard InChI is InChI=1S/C20H27NO2/c1-4-13-23-19-10-9-17(14-20(19)22-3)15-21-12-11-18-8-6-5-7-16(18)2/h5-10,14,21H,4,11-13,15H2,1-3H3. The number of nitrogens with one attached hydrogen (secondary N) is 1. The molecule has 0 amide bonds. The van der Waals surface area contributed by atoms with E-state index in [0.29, 0.717) is 6.61 Å². The molecule has 3 heteroatoms. The normalized spacial score (nSPS) is 10.6. The number of benzene rings is 2. The number of methoxy groups -OCH3 is 1. The van der Waals surface area contributed by atoms with Crippen LogP contribution >= 0.6 is 0 Å². The molecule has 0 atom stereocenters. The van der Waals surface area contributed by atoms with Gasteiger partial charge in [-0.25, -0.2) is 0 Å². The molecule has 1 N–H and O–H groups in total. The molecular formula is C20H27NO2. The molecule has 0 radical (unpaired) electrons. The van der Waals surface area contributed by atoms with Crippen LogP contribution in [0, 0.1) is 6.92 Å². The molecule has 0 spiro atoms. The Morgan fingerprint density at radius 1 is 1.04 bits per heavy atom. The molecule has 0 aliphatic rings. The van der Waals surface area contributed by atoms with Gasteiger partial charge in [0.05, 0.1) is 13.7 Å². The summed E-state index contributed by atoms with van der Waals surface area (Å²) in [6.45, 7) is 6.76. The maximum Gasteiger partial charge on any atom is 0.161 e. The van der Waals surface area contributed by atoms with Gasteiger partial charge >= 0.3 is 0 Å². The summed E-state index contributed by atoms with van der Waals surface area (Å²) in [6, 6.07) is 14.7. The minimum atomic E-state index is 0.713. The van der Waals surface area contributed by atoms with E-state index < -0.39 is 0 Å². The van der Waals surface area contributed by atoms with E-state index in [1.54, 1.807) is 7.11 Å². The van der Waals surface area contributed by atoms with Crippen molar-refractivity contribution in [1.29, 1.82) is 0 Å². The third kappa shape index (κ3) is 5.29. The molecule has 0 heterocycles. The van der Waals surface area contributed by atoms with Gasteiger partial charge in [0.2, 0.25) is 0 Å². The quantitative estimate of drug-likeness (QED) is 0.706. The smallest absolute Gasteiger partial charge is 0.161 e. The molecule has 0 aromatic heterocycles. The Kier molecular flexibility index (Phi) is 6.95. The summed E-state index contributed by atoms with van der Waals surface area (Å²) in [6.07, 6.45) is 2.03. The van der Waals surface area contributed by atoms with Gasteiger partial charge in [0.15, 0.2) is 11.5 Å². The molecule has 0 unspecified atom stereocenters. The monoisotopic (exact) mass is 313 g/mol. The number of hydrogen-bond donors (Lipinski definition) is 1. The van der Waals surface area contributed by atoms with Crippen LogP contribution in [0.25, 0.3) is 0 Å². The third-order valence-electron chi connectivity index (χ3n) is 3.85. The molecule has 2 aromatic carbocycles. The van der Waals surface area contributed by atoms with Crippen LogP contribution in [0.1, 0.15) is 30.0 Å². The molecule has 0 bridgehead atoms. The first kappa shape index (κ1) is 17.4. The molecule has 2 rings (SSSR count). The van der Waals surface area contributed by atoms with Crippen molar-refractivity contribution < 1.29 is 9.47 Å². The summed E-state index contributed by atoms with van der Waals surface area (Å²) in [5.74, 6) is 1.62. The Morgan fingerprint density at radius 3 is 2.61 bits per heavy atom. The summed E-state index contributed by atoms with van der Waals surface area (Å²) in [7, 11) is 1.68. The van der Waals surface area contributed by atoms with Gasteiger partial charge < -0.3 is 14.8 Å². The molecule has 0 saturated carbocycles. The largest absolute Gasteiger partial charge is 0.493 e. The number of hydrogen-bond acceptors (Lipinski definition) is 3. The first-order chi connectivity index (χ1) is 11.2. The number of ether oxygens (including phenoxy) is 2. The lowest BCUT2D eigenvalue weighted by Crippen LogP contribution is -2.17. The van der Waals surface area contributed by atoms with E-state index in [0.717, 1.165) is 37.4 Å². The van der Waals surface area contributed by atoms with Gasteiger partial charge in [-0.05, 0) is 55.1 Å². The summed E-state index contributed by atoms with van der Waals surface area (Å²) in [5, 5.41) is 3.49. The van der Waals surface area contributed by atoms with Gasteiger partial charge in [-0.3, -0.25) is 0 Å². The Hall–Kier alpha value is -2.00. The lowest BCUT2D eigenvalue weighted by atomic mass is 10.1. The van der Waals surface area contributed by atoms with Crippen molar-refractivity contribution in [2.24, 2.45) is 0 Å². The van der Waals surface area contributed by atoms with Crippen LogP contribution in [0.15, 0.2) is 42.5 Å². The maximum atomic E-state index is 5.68. The van der Waals surface area contributed by atoms with Gasteiger partial charge in [-0.15, -0.1) is 0 Å². The van der Waals surface area contributed by atoms with Crippen molar-refractivity contribution in [3.05, 3.63) is 59.2 Å². The van der Waals surface area contributed by atoms with Crippen molar-refractivity contribution in [2.75, 3.05) is 20.3 Å². The lowest BCUT2D eigenvalue weighted by molar-refractivity contribution is 0.294. The number of rotatable bonds is 9. The van der Waals surface area contributed by atoms with E-state index in [1.165, 1.54) is 16.7 Å². The fourth-order valence-electron chi connectivity index (χ4n) is 2.50. The van der Waals surface area contributed by atoms with E-state index in [9.17, 15) is 0 Å². The highest BCUT2D eigenvalue weighted by Crippen LogP contribution is 2.28. The molecule has 124 valence electrons. The first-order valence-corrected chi connectivity index (χ1v) is 8.29. The Balaban J connectivity index is 1.84. The lowest BCUT2D eigenvalue weighted by Gasteiger charge is -2.12.